The number of carbonyl (C=O) groups excluding carboxylic acids is 2. The van der Waals surface area contributed by atoms with E-state index in [1.807, 2.05) is 0 Å². The Morgan fingerprint density at radius 2 is 1.43 bits per heavy atom. The molecule has 0 spiro atoms. The minimum Gasteiger partial charge on any atom is -0.465 e. The molecule has 0 aliphatic carbocycles. The van der Waals surface area contributed by atoms with Crippen molar-refractivity contribution in [2.45, 2.75) is 12.8 Å². The van der Waals surface area contributed by atoms with Crippen LogP contribution in [0.15, 0.2) is 17.2 Å². The van der Waals surface area contributed by atoms with Gasteiger partial charge in [0, 0.05) is 26.6 Å². The number of carbonyl (C=O) groups is 2. The number of hydrogen-bond donors (Lipinski definition) is 0. The molecule has 0 N–H and O–H groups in total. The lowest BCUT2D eigenvalue weighted by Gasteiger charge is -2.16. The summed E-state index contributed by atoms with van der Waals surface area (Å²) >= 11 is 0. The van der Waals surface area contributed by atoms with Crippen LogP contribution in [-0.4, -0.2) is 51.2 Å². The van der Waals surface area contributed by atoms with Crippen LogP contribution in [0.2, 0.25) is 0 Å². The fourth-order valence-corrected chi connectivity index (χ4v) is 1.66. The molecule has 0 aromatic carbocycles. The van der Waals surface area contributed by atoms with Gasteiger partial charge in [0.05, 0.1) is 20.8 Å². The molecule has 0 radical (unpaired) electrons. The molecule has 21 heavy (non-hydrogen) atoms. The number of ether oxygens (including phenoxy) is 4. The summed E-state index contributed by atoms with van der Waals surface area (Å²) in [5.41, 5.74) is -1.30. The second-order valence-corrected chi connectivity index (χ2v) is 4.00. The van der Waals surface area contributed by atoms with E-state index in [1.54, 1.807) is 0 Å². The summed E-state index contributed by atoms with van der Waals surface area (Å²) in [6.07, 6.45) is 1.93. The van der Waals surface area contributed by atoms with E-state index in [4.69, 9.17) is 9.47 Å². The highest BCUT2D eigenvalue weighted by Crippen LogP contribution is 2.05. The molecule has 116 valence electrons. The third-order valence-electron chi connectivity index (χ3n) is 2.78. The zero-order chi connectivity index (χ0) is 16.0. The molecule has 1 aromatic heterocycles. The Bertz CT molecular complexity index is 534. The van der Waals surface area contributed by atoms with Gasteiger partial charge in [-0.25, -0.2) is 9.59 Å². The van der Waals surface area contributed by atoms with Gasteiger partial charge in [-0.15, -0.1) is 0 Å². The maximum Gasteiger partial charge on any atom is 0.343 e. The smallest absolute Gasteiger partial charge is 0.343 e. The van der Waals surface area contributed by atoms with Crippen LogP contribution in [0.1, 0.15) is 20.7 Å². The summed E-state index contributed by atoms with van der Waals surface area (Å²) in [7, 11) is 5.17. The van der Waals surface area contributed by atoms with Gasteiger partial charge in [0.1, 0.15) is 11.1 Å². The Kier molecular flexibility index (Phi) is 6.07. The van der Waals surface area contributed by atoms with Crippen LogP contribution < -0.4 is 5.43 Å². The van der Waals surface area contributed by atoms with Crippen molar-refractivity contribution in [1.29, 1.82) is 0 Å². The number of aromatic nitrogens is 1. The second-order valence-electron chi connectivity index (χ2n) is 4.00. The molecule has 0 bridgehead atoms. The fourth-order valence-electron chi connectivity index (χ4n) is 1.66. The minimum atomic E-state index is -0.842. The molecule has 1 rings (SSSR count). The lowest BCUT2D eigenvalue weighted by atomic mass is 10.2. The Balaban J connectivity index is 3.36. The number of esters is 2. The summed E-state index contributed by atoms with van der Waals surface area (Å²) in [6, 6.07) is 0. The van der Waals surface area contributed by atoms with Crippen molar-refractivity contribution in [2.24, 2.45) is 0 Å². The Labute approximate surface area is 121 Å². The molecule has 0 fully saturated rings. The van der Waals surface area contributed by atoms with Gasteiger partial charge in [0.25, 0.3) is 0 Å². The van der Waals surface area contributed by atoms with Crippen molar-refractivity contribution in [3.63, 3.8) is 0 Å². The Hall–Kier alpha value is -2.19. The van der Waals surface area contributed by atoms with Gasteiger partial charge in [0.15, 0.2) is 6.29 Å². The average Bonchev–Trinajstić information content (AvgIpc) is 2.52. The number of nitrogens with zero attached hydrogens (tertiary/aromatic N) is 1. The van der Waals surface area contributed by atoms with Gasteiger partial charge in [-0.3, -0.25) is 4.79 Å². The zero-order valence-electron chi connectivity index (χ0n) is 12.2. The highest BCUT2D eigenvalue weighted by Gasteiger charge is 2.21. The van der Waals surface area contributed by atoms with Crippen LogP contribution in [0.3, 0.4) is 0 Å². The van der Waals surface area contributed by atoms with Crippen molar-refractivity contribution in [3.8, 4) is 0 Å². The van der Waals surface area contributed by atoms with Gasteiger partial charge in [0.2, 0.25) is 5.43 Å². The van der Waals surface area contributed by atoms with Crippen molar-refractivity contribution < 1.29 is 28.5 Å². The normalized spacial score (nSPS) is 10.5. The lowest BCUT2D eigenvalue weighted by molar-refractivity contribution is -0.111. The lowest BCUT2D eigenvalue weighted by Crippen LogP contribution is -2.28. The van der Waals surface area contributed by atoms with E-state index in [1.165, 1.54) is 31.2 Å². The van der Waals surface area contributed by atoms with Gasteiger partial charge in [-0.2, -0.15) is 0 Å². The molecule has 1 aromatic rings. The molecular formula is C13H17NO7. The second kappa shape index (κ2) is 7.55. The third kappa shape index (κ3) is 3.89. The van der Waals surface area contributed by atoms with E-state index < -0.39 is 23.7 Å². The van der Waals surface area contributed by atoms with Crippen LogP contribution in [0.5, 0.6) is 0 Å². The summed E-state index contributed by atoms with van der Waals surface area (Å²) in [6.45, 7) is 0.168. The van der Waals surface area contributed by atoms with E-state index in [0.29, 0.717) is 0 Å². The molecule has 0 unspecified atom stereocenters. The van der Waals surface area contributed by atoms with Gasteiger partial charge >= 0.3 is 11.9 Å². The monoisotopic (exact) mass is 299 g/mol. The Morgan fingerprint density at radius 3 is 1.76 bits per heavy atom. The quantitative estimate of drug-likeness (QED) is 0.541. The van der Waals surface area contributed by atoms with Crippen molar-refractivity contribution in [3.05, 3.63) is 33.7 Å². The first-order valence-corrected chi connectivity index (χ1v) is 5.94. The highest BCUT2D eigenvalue weighted by molar-refractivity contribution is 5.94. The first-order valence-electron chi connectivity index (χ1n) is 5.94. The van der Waals surface area contributed by atoms with Crippen molar-refractivity contribution in [1.82, 2.24) is 4.57 Å². The zero-order valence-corrected chi connectivity index (χ0v) is 12.2. The first-order chi connectivity index (χ1) is 9.98. The van der Waals surface area contributed by atoms with Crippen molar-refractivity contribution >= 4 is 11.9 Å². The fraction of sp³-hybridized carbons (Fsp3) is 0.462. The summed E-state index contributed by atoms with van der Waals surface area (Å²) in [5.74, 6) is -1.68. The van der Waals surface area contributed by atoms with Crippen LogP contribution in [0.4, 0.5) is 0 Å². The van der Waals surface area contributed by atoms with E-state index in [9.17, 15) is 14.4 Å². The number of hydrogen-bond acceptors (Lipinski definition) is 7. The van der Waals surface area contributed by atoms with Gasteiger partial charge < -0.3 is 23.5 Å². The largest absolute Gasteiger partial charge is 0.465 e. The number of methoxy groups -OCH3 is 4. The van der Waals surface area contributed by atoms with Crippen LogP contribution in [0.25, 0.3) is 0 Å². The maximum absolute atomic E-state index is 12.1. The van der Waals surface area contributed by atoms with E-state index in [-0.39, 0.29) is 17.7 Å². The highest BCUT2D eigenvalue weighted by atomic mass is 16.7. The standard InChI is InChI=1S/C13H17NO7/c1-18-10(19-2)7-14-5-8(12(16)20-3)11(15)9(6-14)13(17)21-4/h5-6,10H,7H2,1-4H3. The third-order valence-corrected chi connectivity index (χ3v) is 2.78. The predicted molar refractivity (Wildman–Crippen MR) is 71.2 cm³/mol. The van der Waals surface area contributed by atoms with Crippen LogP contribution in [-0.2, 0) is 25.5 Å². The molecule has 0 saturated carbocycles. The topological polar surface area (TPSA) is 93.1 Å². The maximum atomic E-state index is 12.1. The summed E-state index contributed by atoms with van der Waals surface area (Å²) in [4.78, 5) is 35.3. The molecule has 0 atom stereocenters. The molecule has 0 aliphatic heterocycles. The number of rotatable bonds is 6. The molecule has 1 heterocycles. The Morgan fingerprint density at radius 1 is 1.00 bits per heavy atom. The molecule has 0 saturated heterocycles. The molecule has 0 amide bonds. The molecule has 0 aliphatic rings. The van der Waals surface area contributed by atoms with Gasteiger partial charge in [-0.1, -0.05) is 0 Å². The van der Waals surface area contributed by atoms with E-state index in [0.717, 1.165) is 14.2 Å². The minimum absolute atomic E-state index is 0.168. The predicted octanol–water partition coefficient (Wildman–Crippen LogP) is 0.0404. The van der Waals surface area contributed by atoms with Crippen LogP contribution in [0, 0.1) is 0 Å². The number of pyridine rings is 1. The SMILES string of the molecule is COC(=O)c1cn(CC(OC)OC)cc(C(=O)OC)c1=O. The van der Waals surface area contributed by atoms with Gasteiger partial charge in [-0.05, 0) is 0 Å². The van der Waals surface area contributed by atoms with Crippen LogP contribution >= 0.6 is 0 Å². The summed E-state index contributed by atoms with van der Waals surface area (Å²) in [5, 5.41) is 0. The molecular weight excluding hydrogens is 282 g/mol. The van der Waals surface area contributed by atoms with E-state index >= 15 is 0 Å². The summed E-state index contributed by atoms with van der Waals surface area (Å²) < 4.78 is 20.6. The average molecular weight is 299 g/mol. The molecule has 8 nitrogen and oxygen atoms in total. The first kappa shape index (κ1) is 16.9. The van der Waals surface area contributed by atoms with Crippen molar-refractivity contribution in [2.75, 3.05) is 28.4 Å². The molecule has 8 heteroatoms. The van der Waals surface area contributed by atoms with E-state index in [2.05, 4.69) is 9.47 Å².